The van der Waals surface area contributed by atoms with E-state index in [1.54, 1.807) is 30.3 Å². The highest BCUT2D eigenvalue weighted by atomic mass is 32.2. The number of anilines is 1. The van der Waals surface area contributed by atoms with E-state index in [0.29, 0.717) is 29.7 Å². The number of aryl methyl sites for hydroxylation is 1. The van der Waals surface area contributed by atoms with Gasteiger partial charge in [0.1, 0.15) is 12.1 Å². The van der Waals surface area contributed by atoms with Crippen LogP contribution < -0.4 is 4.90 Å². The third kappa shape index (κ3) is 4.17. The van der Waals surface area contributed by atoms with Crippen LogP contribution in [0.3, 0.4) is 0 Å². The molecule has 0 unspecified atom stereocenters. The van der Waals surface area contributed by atoms with Gasteiger partial charge in [-0.3, -0.25) is 0 Å². The van der Waals surface area contributed by atoms with Crippen LogP contribution in [0.25, 0.3) is 11.0 Å². The zero-order valence-corrected chi connectivity index (χ0v) is 21.1. The van der Waals surface area contributed by atoms with Gasteiger partial charge in [0.25, 0.3) is 10.0 Å². The highest BCUT2D eigenvalue weighted by Gasteiger charge is 2.41. The van der Waals surface area contributed by atoms with Gasteiger partial charge >= 0.3 is 0 Å². The minimum absolute atomic E-state index is 0.0393. The number of aromatic nitrogens is 3. The molecule has 3 aromatic rings. The molecular weight excluding hydrogens is 488 g/mol. The SMILES string of the molecule is Cc1ccc(S(=O)(=O)n2ccc3c(N(C)[C@H]4C[C@@H](CS(=O)(=O)N5CC(C#N)C5)C4)ncnc32)cc1. The molecule has 0 radical (unpaired) electrons. The fraction of sp³-hybridized carbons (Fsp3) is 0.435. The Balaban J connectivity index is 1.31. The molecule has 1 saturated carbocycles. The maximum Gasteiger partial charge on any atom is 0.269 e. The molecule has 1 aromatic carbocycles. The van der Waals surface area contributed by atoms with Gasteiger partial charge in [-0.25, -0.2) is 30.8 Å². The first kappa shape index (κ1) is 23.7. The van der Waals surface area contributed by atoms with Crippen LogP contribution in [0, 0.1) is 30.1 Å². The lowest BCUT2D eigenvalue weighted by Gasteiger charge is -2.43. The first-order valence-electron chi connectivity index (χ1n) is 11.3. The smallest absolute Gasteiger partial charge is 0.269 e. The topological polar surface area (TPSA) is 129 Å². The van der Waals surface area contributed by atoms with Crippen molar-refractivity contribution in [2.45, 2.75) is 30.7 Å². The Labute approximate surface area is 204 Å². The van der Waals surface area contributed by atoms with E-state index in [0.717, 1.165) is 5.56 Å². The highest BCUT2D eigenvalue weighted by molar-refractivity contribution is 7.90. The van der Waals surface area contributed by atoms with Crippen LogP contribution in [0.2, 0.25) is 0 Å². The Morgan fingerprint density at radius 2 is 1.77 bits per heavy atom. The molecule has 12 heteroatoms. The molecule has 10 nitrogen and oxygen atoms in total. The van der Waals surface area contributed by atoms with Crippen LogP contribution in [-0.4, -0.2) is 67.0 Å². The predicted octanol–water partition coefficient (Wildman–Crippen LogP) is 1.98. The first-order chi connectivity index (χ1) is 16.6. The molecule has 1 saturated heterocycles. The molecule has 0 bridgehead atoms. The Hall–Kier alpha value is -3.01. The second-order valence-corrected chi connectivity index (χ2v) is 13.2. The van der Waals surface area contributed by atoms with Crippen molar-refractivity contribution >= 4 is 36.9 Å². The minimum atomic E-state index is -3.82. The average Bonchev–Trinajstić information content (AvgIpc) is 3.20. The van der Waals surface area contributed by atoms with Crippen molar-refractivity contribution in [2.24, 2.45) is 11.8 Å². The van der Waals surface area contributed by atoms with Gasteiger partial charge in [0, 0.05) is 32.4 Å². The normalized spacial score (nSPS) is 21.3. The van der Waals surface area contributed by atoms with Gasteiger partial charge in [0.15, 0.2) is 5.65 Å². The monoisotopic (exact) mass is 514 g/mol. The van der Waals surface area contributed by atoms with Crippen molar-refractivity contribution in [2.75, 3.05) is 30.8 Å². The van der Waals surface area contributed by atoms with Crippen LogP contribution in [-0.2, 0) is 20.0 Å². The third-order valence-electron chi connectivity index (χ3n) is 6.97. The van der Waals surface area contributed by atoms with E-state index in [2.05, 4.69) is 16.0 Å². The van der Waals surface area contributed by atoms with E-state index in [-0.39, 0.29) is 41.6 Å². The molecule has 2 fully saturated rings. The van der Waals surface area contributed by atoms with E-state index < -0.39 is 20.0 Å². The summed E-state index contributed by atoms with van der Waals surface area (Å²) >= 11 is 0. The number of benzene rings is 1. The van der Waals surface area contributed by atoms with Gasteiger partial charge in [-0.15, -0.1) is 0 Å². The van der Waals surface area contributed by atoms with Gasteiger partial charge in [-0.1, -0.05) is 17.7 Å². The van der Waals surface area contributed by atoms with E-state index in [9.17, 15) is 16.8 Å². The predicted molar refractivity (Wildman–Crippen MR) is 131 cm³/mol. The molecule has 5 rings (SSSR count). The van der Waals surface area contributed by atoms with Crippen LogP contribution in [0.4, 0.5) is 5.82 Å². The number of nitriles is 1. The van der Waals surface area contributed by atoms with Gasteiger partial charge in [0.2, 0.25) is 10.0 Å². The van der Waals surface area contributed by atoms with Gasteiger partial charge in [-0.2, -0.15) is 9.57 Å². The van der Waals surface area contributed by atoms with Crippen LogP contribution in [0.1, 0.15) is 18.4 Å². The molecule has 35 heavy (non-hydrogen) atoms. The molecule has 184 valence electrons. The quantitative estimate of drug-likeness (QED) is 0.468. The van der Waals surface area contributed by atoms with E-state index in [4.69, 9.17) is 5.26 Å². The zero-order chi connectivity index (χ0) is 25.0. The fourth-order valence-corrected chi connectivity index (χ4v) is 7.88. The van der Waals surface area contributed by atoms with Crippen molar-refractivity contribution < 1.29 is 16.8 Å². The summed E-state index contributed by atoms with van der Waals surface area (Å²) in [7, 11) is -5.28. The molecule has 2 aromatic heterocycles. The Morgan fingerprint density at radius 3 is 2.43 bits per heavy atom. The summed E-state index contributed by atoms with van der Waals surface area (Å²) in [6, 6.07) is 10.5. The van der Waals surface area contributed by atoms with Crippen molar-refractivity contribution in [1.82, 2.24) is 18.2 Å². The lowest BCUT2D eigenvalue weighted by Crippen LogP contribution is -2.52. The summed E-state index contributed by atoms with van der Waals surface area (Å²) in [5.74, 6) is 0.531. The molecule has 0 spiro atoms. The molecular formula is C23H26N6O4S2. The first-order valence-corrected chi connectivity index (χ1v) is 14.4. The number of nitrogens with zero attached hydrogens (tertiary/aromatic N) is 6. The molecule has 1 aliphatic heterocycles. The number of hydrogen-bond donors (Lipinski definition) is 0. The molecule has 0 N–H and O–H groups in total. The van der Waals surface area contributed by atoms with Crippen molar-refractivity contribution in [1.29, 1.82) is 5.26 Å². The summed E-state index contributed by atoms with van der Waals surface area (Å²) in [5.41, 5.74) is 1.26. The van der Waals surface area contributed by atoms with Gasteiger partial charge in [0.05, 0.1) is 28.0 Å². The van der Waals surface area contributed by atoms with E-state index >= 15 is 0 Å². The summed E-state index contributed by atoms with van der Waals surface area (Å²) in [4.78, 5) is 10.8. The standard InChI is InChI=1S/C23H26N6O4S2/c1-16-3-5-20(6-4-16)35(32,33)29-8-7-21-22(25-15-26-23(21)29)27(2)19-9-17(10-19)14-34(30,31)28-12-18(11-24)13-28/h3-8,15,17-19H,9-10,12-14H2,1-2H3/t17-,19+. The maximum atomic E-state index is 13.2. The number of hydrogen-bond acceptors (Lipinski definition) is 8. The molecule has 2 aliphatic rings. The largest absolute Gasteiger partial charge is 0.356 e. The molecule has 0 atom stereocenters. The molecule has 3 heterocycles. The van der Waals surface area contributed by atoms with Crippen LogP contribution >= 0.6 is 0 Å². The zero-order valence-electron chi connectivity index (χ0n) is 19.4. The van der Waals surface area contributed by atoms with E-state index in [1.807, 2.05) is 18.9 Å². The minimum Gasteiger partial charge on any atom is -0.356 e. The second kappa shape index (κ2) is 8.58. The summed E-state index contributed by atoms with van der Waals surface area (Å²) in [6.45, 7) is 2.47. The number of rotatable bonds is 7. The fourth-order valence-electron chi connectivity index (χ4n) is 4.69. The Bertz CT molecular complexity index is 1510. The second-order valence-electron chi connectivity index (χ2n) is 9.39. The number of sulfonamides is 1. The summed E-state index contributed by atoms with van der Waals surface area (Å²) in [5, 5.41) is 9.50. The highest BCUT2D eigenvalue weighted by Crippen LogP contribution is 2.37. The summed E-state index contributed by atoms with van der Waals surface area (Å²) in [6.07, 6.45) is 4.23. The Kier molecular flexibility index (Phi) is 5.82. The Morgan fingerprint density at radius 1 is 1.09 bits per heavy atom. The van der Waals surface area contributed by atoms with E-state index in [1.165, 1.54) is 20.8 Å². The third-order valence-corrected chi connectivity index (χ3v) is 10.6. The van der Waals surface area contributed by atoms with Crippen molar-refractivity contribution in [3.8, 4) is 6.07 Å². The van der Waals surface area contributed by atoms with Crippen molar-refractivity contribution in [3.05, 3.63) is 48.4 Å². The lowest BCUT2D eigenvalue weighted by molar-refractivity contribution is 0.236. The molecule has 1 aliphatic carbocycles. The van der Waals surface area contributed by atoms with Crippen LogP contribution in [0.15, 0.2) is 47.8 Å². The number of fused-ring (bicyclic) bond motifs is 1. The van der Waals surface area contributed by atoms with Crippen LogP contribution in [0.5, 0.6) is 0 Å². The average molecular weight is 515 g/mol. The summed E-state index contributed by atoms with van der Waals surface area (Å²) < 4.78 is 54.1. The van der Waals surface area contributed by atoms with Gasteiger partial charge < -0.3 is 4.90 Å². The maximum absolute atomic E-state index is 13.2. The van der Waals surface area contributed by atoms with Crippen molar-refractivity contribution in [3.63, 3.8) is 0 Å². The molecule has 0 amide bonds. The lowest BCUT2D eigenvalue weighted by atomic mass is 9.81. The van der Waals surface area contributed by atoms with Gasteiger partial charge in [-0.05, 0) is 43.9 Å².